The van der Waals surface area contributed by atoms with Gasteiger partial charge in [0.15, 0.2) is 0 Å². The largest absolute Gasteiger partial charge is 0.369 e. The second-order valence-corrected chi connectivity index (χ2v) is 9.80. The molecule has 3 aromatic rings. The van der Waals surface area contributed by atoms with Crippen LogP contribution in [0.4, 0.5) is 5.69 Å². The topological polar surface area (TPSA) is 57.3 Å². The van der Waals surface area contributed by atoms with Crippen LogP contribution in [0.15, 0.2) is 84.9 Å². The van der Waals surface area contributed by atoms with Crippen LogP contribution < -0.4 is 4.90 Å². The number of nitriles is 2. The molecular weight excluding hydrogens is 501 g/mol. The average molecular weight is 533 g/mol. The number of alkyl halides is 2. The highest BCUT2D eigenvalue weighted by molar-refractivity contribution is 6.18. The maximum Gasteiger partial charge on any atom is 0.125 e. The summed E-state index contributed by atoms with van der Waals surface area (Å²) in [5.41, 5.74) is 4.01. The van der Waals surface area contributed by atoms with E-state index < -0.39 is 12.1 Å². The standard InChI is InChI=1S/C30H31Cl2N5/c31-16-20-35(21-17-32)27-14-12-26(13-15-27)30-36(28(22-33)24-8-3-1-4-9-24)18-7-19-37(30)29(23-34)25-10-5-2-6-11-25/h1-6,8-15,28-30H,7,16-21H2/t28-,29+,30?. The minimum atomic E-state index is -0.437. The lowest BCUT2D eigenvalue weighted by atomic mass is 9.97. The summed E-state index contributed by atoms with van der Waals surface area (Å²) >= 11 is 12.1. The molecule has 0 aromatic heterocycles. The zero-order valence-corrected chi connectivity index (χ0v) is 22.3. The molecule has 37 heavy (non-hydrogen) atoms. The molecule has 3 atom stereocenters. The second-order valence-electron chi connectivity index (χ2n) is 9.04. The molecule has 7 heteroatoms. The van der Waals surface area contributed by atoms with Crippen LogP contribution in [0.2, 0.25) is 0 Å². The molecule has 0 spiro atoms. The third kappa shape index (κ3) is 6.27. The molecular formula is C30H31Cl2N5. The van der Waals surface area contributed by atoms with E-state index in [2.05, 4.69) is 51.1 Å². The summed E-state index contributed by atoms with van der Waals surface area (Å²) in [6, 6.07) is 32.4. The molecule has 5 nitrogen and oxygen atoms in total. The third-order valence-electron chi connectivity index (χ3n) is 6.86. The van der Waals surface area contributed by atoms with Gasteiger partial charge in [-0.1, -0.05) is 72.8 Å². The fourth-order valence-electron chi connectivity index (χ4n) is 5.18. The van der Waals surface area contributed by atoms with E-state index in [0.717, 1.165) is 41.9 Å². The first-order valence-corrected chi connectivity index (χ1v) is 13.7. The second kappa shape index (κ2) is 13.5. The molecule has 0 aliphatic carbocycles. The predicted octanol–water partition coefficient (Wildman–Crippen LogP) is 6.51. The molecule has 4 rings (SSSR count). The number of nitrogens with zero attached hydrogens (tertiary/aromatic N) is 5. The van der Waals surface area contributed by atoms with Crippen molar-refractivity contribution < 1.29 is 0 Å². The van der Waals surface area contributed by atoms with Crippen molar-refractivity contribution in [3.05, 3.63) is 102 Å². The van der Waals surface area contributed by atoms with E-state index in [-0.39, 0.29) is 6.17 Å². The zero-order chi connectivity index (χ0) is 26.0. The van der Waals surface area contributed by atoms with E-state index in [1.165, 1.54) is 0 Å². The number of anilines is 1. The van der Waals surface area contributed by atoms with Gasteiger partial charge in [-0.2, -0.15) is 10.5 Å². The van der Waals surface area contributed by atoms with Crippen molar-refractivity contribution in [2.24, 2.45) is 0 Å². The third-order valence-corrected chi connectivity index (χ3v) is 7.20. The summed E-state index contributed by atoms with van der Waals surface area (Å²) in [7, 11) is 0. The minimum absolute atomic E-state index is 0.244. The minimum Gasteiger partial charge on any atom is -0.369 e. The van der Waals surface area contributed by atoms with Gasteiger partial charge in [-0.15, -0.1) is 23.2 Å². The van der Waals surface area contributed by atoms with Crippen LogP contribution in [0, 0.1) is 22.7 Å². The molecule has 1 unspecified atom stereocenters. The van der Waals surface area contributed by atoms with Crippen LogP contribution in [0.25, 0.3) is 0 Å². The Hall–Kier alpha value is -3.06. The maximum absolute atomic E-state index is 10.3. The first kappa shape index (κ1) is 27.0. The van der Waals surface area contributed by atoms with Crippen molar-refractivity contribution in [1.82, 2.24) is 9.80 Å². The van der Waals surface area contributed by atoms with Crippen molar-refractivity contribution in [3.63, 3.8) is 0 Å². The Morgan fingerprint density at radius 3 is 1.59 bits per heavy atom. The molecule has 0 radical (unpaired) electrons. The highest BCUT2D eigenvalue weighted by Gasteiger charge is 2.39. The number of hydrogen-bond acceptors (Lipinski definition) is 5. The normalized spacial score (nSPS) is 17.9. The van der Waals surface area contributed by atoms with E-state index in [0.29, 0.717) is 24.8 Å². The van der Waals surface area contributed by atoms with Gasteiger partial charge in [0, 0.05) is 43.6 Å². The van der Waals surface area contributed by atoms with Crippen LogP contribution in [0.1, 0.15) is 41.4 Å². The Morgan fingerprint density at radius 2 is 1.19 bits per heavy atom. The lowest BCUT2D eigenvalue weighted by Crippen LogP contribution is -2.49. The Kier molecular flexibility index (Phi) is 9.83. The molecule has 0 N–H and O–H groups in total. The van der Waals surface area contributed by atoms with E-state index in [1.54, 1.807) is 0 Å². The molecule has 0 amide bonds. The number of hydrogen-bond donors (Lipinski definition) is 0. The highest BCUT2D eigenvalue weighted by Crippen LogP contribution is 2.41. The first-order chi connectivity index (χ1) is 18.2. The molecule has 3 aromatic carbocycles. The summed E-state index contributed by atoms with van der Waals surface area (Å²) in [5.74, 6) is 1.04. The number of rotatable bonds is 10. The van der Waals surface area contributed by atoms with E-state index in [9.17, 15) is 10.5 Å². The first-order valence-electron chi connectivity index (χ1n) is 12.6. The van der Waals surface area contributed by atoms with Crippen LogP contribution in [-0.4, -0.2) is 47.7 Å². The number of halogens is 2. The summed E-state index contributed by atoms with van der Waals surface area (Å²) in [6.07, 6.45) is 0.621. The van der Waals surface area contributed by atoms with Gasteiger partial charge < -0.3 is 4.90 Å². The van der Waals surface area contributed by atoms with Crippen molar-refractivity contribution in [2.75, 3.05) is 42.8 Å². The summed E-state index contributed by atoms with van der Waals surface area (Å²) in [4.78, 5) is 6.64. The molecule has 190 valence electrons. The van der Waals surface area contributed by atoms with Crippen molar-refractivity contribution in [1.29, 1.82) is 10.5 Å². The lowest BCUT2D eigenvalue weighted by molar-refractivity contribution is -0.0286. The van der Waals surface area contributed by atoms with Gasteiger partial charge in [0.2, 0.25) is 0 Å². The van der Waals surface area contributed by atoms with E-state index in [4.69, 9.17) is 23.2 Å². The molecule has 1 aliphatic heterocycles. The quantitative estimate of drug-likeness (QED) is 0.279. The fraction of sp³-hybridized carbons (Fsp3) is 0.333. The molecule has 1 saturated heterocycles. The molecule has 1 fully saturated rings. The van der Waals surface area contributed by atoms with E-state index >= 15 is 0 Å². The average Bonchev–Trinajstić information content (AvgIpc) is 2.95. The predicted molar refractivity (Wildman–Crippen MR) is 150 cm³/mol. The number of benzene rings is 3. The maximum atomic E-state index is 10.3. The van der Waals surface area contributed by atoms with Crippen LogP contribution in [0.3, 0.4) is 0 Å². The van der Waals surface area contributed by atoms with Gasteiger partial charge in [0.05, 0.1) is 18.3 Å². The van der Waals surface area contributed by atoms with Crippen LogP contribution >= 0.6 is 23.2 Å². The van der Waals surface area contributed by atoms with Gasteiger partial charge in [0.25, 0.3) is 0 Å². The molecule has 0 bridgehead atoms. The fourth-order valence-corrected chi connectivity index (χ4v) is 5.58. The summed E-state index contributed by atoms with van der Waals surface area (Å²) in [6.45, 7) is 2.94. The van der Waals surface area contributed by atoms with Gasteiger partial charge in [0.1, 0.15) is 12.1 Å². The van der Waals surface area contributed by atoms with Gasteiger partial charge >= 0.3 is 0 Å². The smallest absolute Gasteiger partial charge is 0.125 e. The Bertz CT molecular complexity index is 1120. The van der Waals surface area contributed by atoms with Crippen LogP contribution in [0.5, 0.6) is 0 Å². The van der Waals surface area contributed by atoms with Gasteiger partial charge in [-0.05, 0) is 35.2 Å². The zero-order valence-electron chi connectivity index (χ0n) is 20.8. The Balaban J connectivity index is 1.77. The van der Waals surface area contributed by atoms with Gasteiger partial charge in [-0.3, -0.25) is 9.80 Å². The van der Waals surface area contributed by atoms with Crippen LogP contribution in [-0.2, 0) is 0 Å². The van der Waals surface area contributed by atoms with Crippen molar-refractivity contribution >= 4 is 28.9 Å². The summed E-state index contributed by atoms with van der Waals surface area (Å²) in [5, 5.41) is 20.6. The van der Waals surface area contributed by atoms with E-state index in [1.807, 2.05) is 60.7 Å². The van der Waals surface area contributed by atoms with Crippen molar-refractivity contribution in [3.8, 4) is 12.1 Å². The summed E-state index contributed by atoms with van der Waals surface area (Å²) < 4.78 is 0. The van der Waals surface area contributed by atoms with Gasteiger partial charge in [-0.25, -0.2) is 0 Å². The Morgan fingerprint density at radius 1 is 0.730 bits per heavy atom. The Labute approximate surface area is 230 Å². The lowest BCUT2D eigenvalue weighted by Gasteiger charge is -2.47. The molecule has 1 aliphatic rings. The van der Waals surface area contributed by atoms with Crippen molar-refractivity contribution in [2.45, 2.75) is 24.7 Å². The molecule has 0 saturated carbocycles. The highest BCUT2D eigenvalue weighted by atomic mass is 35.5. The monoisotopic (exact) mass is 531 g/mol. The molecule has 1 heterocycles. The SMILES string of the molecule is N#C[C@H](c1ccccc1)N1CCCN([C@@H](C#N)c2ccccc2)C1c1ccc(N(CCCl)CCCl)cc1.